The number of rotatable bonds is 5. The highest BCUT2D eigenvalue weighted by Crippen LogP contribution is 2.34. The lowest BCUT2D eigenvalue weighted by Gasteiger charge is -2.48. The zero-order valence-electron chi connectivity index (χ0n) is 12.7. The second-order valence-corrected chi connectivity index (χ2v) is 6.16. The monoisotopic (exact) mass is 260 g/mol. The molecule has 0 fully saturated rings. The summed E-state index contributed by atoms with van der Waals surface area (Å²) in [5.41, 5.74) is 9.41. The molecule has 0 heterocycles. The average molecular weight is 260 g/mol. The minimum atomic E-state index is 0.165. The highest BCUT2D eigenvalue weighted by Gasteiger charge is 2.39. The van der Waals surface area contributed by atoms with Gasteiger partial charge in [-0.1, -0.05) is 31.2 Å². The summed E-state index contributed by atoms with van der Waals surface area (Å²) in [5.74, 6) is 0. The molecule has 1 aliphatic carbocycles. The third kappa shape index (κ3) is 2.85. The van der Waals surface area contributed by atoms with E-state index in [4.69, 9.17) is 5.73 Å². The lowest BCUT2D eigenvalue weighted by Crippen LogP contribution is -2.59. The van der Waals surface area contributed by atoms with Crippen molar-refractivity contribution in [3.63, 3.8) is 0 Å². The second kappa shape index (κ2) is 6.06. The van der Waals surface area contributed by atoms with Crippen molar-refractivity contribution >= 4 is 0 Å². The standard InChI is InChI=1S/C17H28N2/c1-4-11-19(14(2)3)17(13-18)10-9-15-7-5-6-8-16(15)12-17/h5-8,14H,4,9-13,18H2,1-3H3. The summed E-state index contributed by atoms with van der Waals surface area (Å²) < 4.78 is 0. The summed E-state index contributed by atoms with van der Waals surface area (Å²) >= 11 is 0. The van der Waals surface area contributed by atoms with E-state index in [1.807, 2.05) is 0 Å². The van der Waals surface area contributed by atoms with Gasteiger partial charge < -0.3 is 5.73 Å². The Bertz CT molecular complexity index is 413. The first kappa shape index (κ1) is 14.5. The molecule has 0 aromatic heterocycles. The molecule has 2 nitrogen and oxygen atoms in total. The predicted octanol–water partition coefficient (Wildman–Crippen LogP) is 2.99. The Morgan fingerprint density at radius 3 is 2.53 bits per heavy atom. The van der Waals surface area contributed by atoms with Gasteiger partial charge in [0, 0.05) is 18.1 Å². The van der Waals surface area contributed by atoms with Crippen LogP contribution in [0.4, 0.5) is 0 Å². The summed E-state index contributed by atoms with van der Waals surface area (Å²) in [7, 11) is 0. The lowest BCUT2D eigenvalue weighted by molar-refractivity contribution is 0.0490. The summed E-state index contributed by atoms with van der Waals surface area (Å²) in [6, 6.07) is 9.43. The average Bonchev–Trinajstić information content (AvgIpc) is 2.44. The molecule has 0 spiro atoms. The van der Waals surface area contributed by atoms with Crippen LogP contribution < -0.4 is 5.73 Å². The molecule has 1 atom stereocenters. The topological polar surface area (TPSA) is 29.3 Å². The van der Waals surface area contributed by atoms with Crippen LogP contribution in [0.25, 0.3) is 0 Å². The van der Waals surface area contributed by atoms with Gasteiger partial charge in [-0.2, -0.15) is 0 Å². The first-order chi connectivity index (χ1) is 9.13. The molecule has 0 amide bonds. The van der Waals surface area contributed by atoms with Gasteiger partial charge in [0.2, 0.25) is 0 Å². The summed E-state index contributed by atoms with van der Waals surface area (Å²) in [5, 5.41) is 0. The van der Waals surface area contributed by atoms with Crippen LogP contribution in [0, 0.1) is 0 Å². The van der Waals surface area contributed by atoms with E-state index in [1.54, 1.807) is 0 Å². The fraction of sp³-hybridized carbons (Fsp3) is 0.647. The van der Waals surface area contributed by atoms with E-state index in [9.17, 15) is 0 Å². The van der Waals surface area contributed by atoms with Gasteiger partial charge in [-0.3, -0.25) is 4.90 Å². The van der Waals surface area contributed by atoms with Crippen molar-refractivity contribution in [2.24, 2.45) is 5.73 Å². The molecule has 1 unspecified atom stereocenters. The quantitative estimate of drug-likeness (QED) is 0.882. The van der Waals surface area contributed by atoms with Crippen LogP contribution >= 0.6 is 0 Å². The number of hydrogen-bond acceptors (Lipinski definition) is 2. The van der Waals surface area contributed by atoms with Crippen molar-refractivity contribution in [1.29, 1.82) is 0 Å². The smallest absolute Gasteiger partial charge is 0.0377 e. The zero-order valence-corrected chi connectivity index (χ0v) is 12.7. The van der Waals surface area contributed by atoms with Gasteiger partial charge in [-0.15, -0.1) is 0 Å². The van der Waals surface area contributed by atoms with Crippen molar-refractivity contribution in [3.8, 4) is 0 Å². The maximum Gasteiger partial charge on any atom is 0.0377 e. The third-order valence-electron chi connectivity index (χ3n) is 4.57. The summed E-state index contributed by atoms with van der Waals surface area (Å²) in [4.78, 5) is 2.64. The molecule has 1 aromatic rings. The highest BCUT2D eigenvalue weighted by atomic mass is 15.2. The fourth-order valence-corrected chi connectivity index (χ4v) is 3.60. The molecule has 1 aromatic carbocycles. The Morgan fingerprint density at radius 2 is 1.95 bits per heavy atom. The Hall–Kier alpha value is -0.860. The zero-order chi connectivity index (χ0) is 13.9. The van der Waals surface area contributed by atoms with E-state index in [-0.39, 0.29) is 5.54 Å². The van der Waals surface area contributed by atoms with Crippen LogP contribution in [0.5, 0.6) is 0 Å². The third-order valence-corrected chi connectivity index (χ3v) is 4.57. The molecule has 2 N–H and O–H groups in total. The molecule has 0 saturated carbocycles. The highest BCUT2D eigenvalue weighted by molar-refractivity contribution is 5.32. The van der Waals surface area contributed by atoms with Gasteiger partial charge >= 0.3 is 0 Å². The first-order valence-electron chi connectivity index (χ1n) is 7.66. The van der Waals surface area contributed by atoms with Crippen LogP contribution in [-0.2, 0) is 12.8 Å². The number of nitrogens with zero attached hydrogens (tertiary/aromatic N) is 1. The van der Waals surface area contributed by atoms with Crippen LogP contribution in [0.3, 0.4) is 0 Å². The van der Waals surface area contributed by atoms with E-state index in [1.165, 1.54) is 30.4 Å². The minimum absolute atomic E-state index is 0.165. The van der Waals surface area contributed by atoms with E-state index in [2.05, 4.69) is 49.9 Å². The van der Waals surface area contributed by atoms with Crippen LogP contribution in [-0.4, -0.2) is 29.6 Å². The van der Waals surface area contributed by atoms with Crippen molar-refractivity contribution in [2.45, 2.75) is 58.0 Å². The molecule has 0 bridgehead atoms. The van der Waals surface area contributed by atoms with Crippen LogP contribution in [0.2, 0.25) is 0 Å². The molecule has 106 valence electrons. The van der Waals surface area contributed by atoms with Gasteiger partial charge in [0.25, 0.3) is 0 Å². The Balaban J connectivity index is 2.29. The van der Waals surface area contributed by atoms with Crippen molar-refractivity contribution in [1.82, 2.24) is 4.90 Å². The van der Waals surface area contributed by atoms with Crippen molar-refractivity contribution in [2.75, 3.05) is 13.1 Å². The van der Waals surface area contributed by atoms with E-state index in [0.717, 1.165) is 19.5 Å². The maximum atomic E-state index is 6.22. The molecular formula is C17H28N2. The number of hydrogen-bond donors (Lipinski definition) is 1. The van der Waals surface area contributed by atoms with Gasteiger partial charge in [0.1, 0.15) is 0 Å². The molecule has 19 heavy (non-hydrogen) atoms. The van der Waals surface area contributed by atoms with Gasteiger partial charge in [0.05, 0.1) is 0 Å². The number of aryl methyl sites for hydroxylation is 1. The van der Waals surface area contributed by atoms with Gasteiger partial charge in [0.15, 0.2) is 0 Å². The van der Waals surface area contributed by atoms with Crippen molar-refractivity contribution < 1.29 is 0 Å². The molecule has 1 aliphatic rings. The lowest BCUT2D eigenvalue weighted by atomic mass is 9.76. The largest absolute Gasteiger partial charge is 0.329 e. The first-order valence-corrected chi connectivity index (χ1v) is 7.66. The Labute approximate surface area is 118 Å². The molecular weight excluding hydrogens is 232 g/mol. The summed E-state index contributed by atoms with van der Waals surface area (Å²) in [6.07, 6.45) is 4.67. The Morgan fingerprint density at radius 1 is 1.26 bits per heavy atom. The molecule has 2 heteroatoms. The number of benzene rings is 1. The number of fused-ring (bicyclic) bond motifs is 1. The van der Waals surface area contributed by atoms with E-state index in [0.29, 0.717) is 6.04 Å². The molecule has 0 aliphatic heterocycles. The van der Waals surface area contributed by atoms with Crippen molar-refractivity contribution in [3.05, 3.63) is 35.4 Å². The predicted molar refractivity (Wildman–Crippen MR) is 82.4 cm³/mol. The summed E-state index contributed by atoms with van der Waals surface area (Å²) in [6.45, 7) is 8.77. The Kier molecular flexibility index (Phi) is 4.64. The fourth-order valence-electron chi connectivity index (χ4n) is 3.60. The number of nitrogens with two attached hydrogens (primary N) is 1. The van der Waals surface area contributed by atoms with Crippen LogP contribution in [0.1, 0.15) is 44.7 Å². The molecule has 0 saturated heterocycles. The maximum absolute atomic E-state index is 6.22. The van der Waals surface area contributed by atoms with E-state index < -0.39 is 0 Å². The van der Waals surface area contributed by atoms with Crippen LogP contribution in [0.15, 0.2) is 24.3 Å². The molecule has 2 rings (SSSR count). The SMILES string of the molecule is CCCN(C(C)C)C1(CN)CCc2ccccc2C1. The van der Waals surface area contributed by atoms with Gasteiger partial charge in [-0.25, -0.2) is 0 Å². The van der Waals surface area contributed by atoms with Gasteiger partial charge in [-0.05, 0) is 57.2 Å². The minimum Gasteiger partial charge on any atom is -0.329 e. The molecule has 0 radical (unpaired) electrons. The van der Waals surface area contributed by atoms with E-state index >= 15 is 0 Å². The second-order valence-electron chi connectivity index (χ2n) is 6.16. The normalized spacial score (nSPS) is 22.8.